The van der Waals surface area contributed by atoms with Crippen molar-refractivity contribution >= 4 is 9.84 Å². The summed E-state index contributed by atoms with van der Waals surface area (Å²) in [6.45, 7) is 4.73. The van der Waals surface area contributed by atoms with Crippen molar-refractivity contribution in [3.05, 3.63) is 24.2 Å². The molecule has 18 heavy (non-hydrogen) atoms. The third-order valence-corrected chi connectivity index (χ3v) is 4.76. The molecule has 0 radical (unpaired) electrons. The van der Waals surface area contributed by atoms with Gasteiger partial charge in [0.1, 0.15) is 9.84 Å². The van der Waals surface area contributed by atoms with Crippen molar-refractivity contribution in [1.82, 2.24) is 5.32 Å². The van der Waals surface area contributed by atoms with Crippen LogP contribution in [0.4, 0.5) is 0 Å². The molecule has 0 saturated heterocycles. The normalized spacial score (nSPS) is 13.7. The van der Waals surface area contributed by atoms with Crippen molar-refractivity contribution in [2.45, 2.75) is 39.2 Å². The van der Waals surface area contributed by atoms with Crippen LogP contribution >= 0.6 is 0 Å². The number of nitrogens with one attached hydrogen (secondary N) is 1. The fraction of sp³-hybridized carbons (Fsp3) is 0.692. The van der Waals surface area contributed by atoms with Crippen LogP contribution in [0.15, 0.2) is 23.0 Å². The van der Waals surface area contributed by atoms with E-state index >= 15 is 0 Å². The summed E-state index contributed by atoms with van der Waals surface area (Å²) in [5.74, 6) is 0.497. The van der Waals surface area contributed by atoms with Crippen LogP contribution in [0.2, 0.25) is 0 Å². The number of hydrogen-bond donors (Lipinski definition) is 1. The van der Waals surface area contributed by atoms with Gasteiger partial charge in [-0.2, -0.15) is 0 Å². The summed E-state index contributed by atoms with van der Waals surface area (Å²) in [4.78, 5) is 0. The summed E-state index contributed by atoms with van der Waals surface area (Å²) in [5, 5.41) is 3.42. The minimum absolute atomic E-state index is 0.191. The molecule has 0 aliphatic rings. The Morgan fingerprint density at radius 2 is 2.17 bits per heavy atom. The van der Waals surface area contributed by atoms with Gasteiger partial charge in [0.2, 0.25) is 0 Å². The molecule has 1 aromatic heterocycles. The predicted octanol–water partition coefficient (Wildman–Crippen LogP) is 2.54. The molecule has 1 atom stereocenters. The van der Waals surface area contributed by atoms with E-state index in [4.69, 9.17) is 4.42 Å². The van der Waals surface area contributed by atoms with Crippen LogP contribution in [0.5, 0.6) is 0 Å². The highest BCUT2D eigenvalue weighted by molar-refractivity contribution is 7.91. The maximum atomic E-state index is 11.4. The topological polar surface area (TPSA) is 59.3 Å². The maximum Gasteiger partial charge on any atom is 0.150 e. The zero-order valence-electron chi connectivity index (χ0n) is 11.2. The van der Waals surface area contributed by atoms with E-state index in [-0.39, 0.29) is 17.5 Å². The number of sulfone groups is 1. The van der Waals surface area contributed by atoms with Crippen molar-refractivity contribution in [3.63, 3.8) is 0 Å². The van der Waals surface area contributed by atoms with Gasteiger partial charge in [-0.15, -0.1) is 0 Å². The van der Waals surface area contributed by atoms with Crippen molar-refractivity contribution in [1.29, 1.82) is 0 Å². The fourth-order valence-electron chi connectivity index (χ4n) is 1.83. The summed E-state index contributed by atoms with van der Waals surface area (Å²) in [7, 11) is -2.86. The standard InChI is InChI=1S/C13H23NO3S/c1-3-8-14-13(12-7-9-17-11-12)6-5-10-18(15,16)4-2/h7,9,11,13-14H,3-6,8,10H2,1-2H3. The molecule has 0 amide bonds. The highest BCUT2D eigenvalue weighted by atomic mass is 32.2. The molecule has 0 aromatic carbocycles. The molecule has 1 heterocycles. The van der Waals surface area contributed by atoms with Crippen LogP contribution in [0, 0.1) is 0 Å². The Kier molecular flexibility index (Phi) is 6.43. The van der Waals surface area contributed by atoms with Crippen molar-refractivity contribution in [2.24, 2.45) is 0 Å². The van der Waals surface area contributed by atoms with E-state index in [1.165, 1.54) is 0 Å². The number of furan rings is 1. The second-order valence-corrected chi connectivity index (χ2v) is 6.91. The largest absolute Gasteiger partial charge is 0.472 e. The Labute approximate surface area is 110 Å². The zero-order chi connectivity index (χ0) is 13.4. The second-order valence-electron chi connectivity index (χ2n) is 4.44. The molecule has 104 valence electrons. The number of hydrogen-bond acceptors (Lipinski definition) is 4. The Balaban J connectivity index is 2.47. The van der Waals surface area contributed by atoms with Crippen molar-refractivity contribution in [2.75, 3.05) is 18.1 Å². The van der Waals surface area contributed by atoms with E-state index in [0.717, 1.165) is 24.9 Å². The Morgan fingerprint density at radius 3 is 2.72 bits per heavy atom. The van der Waals surface area contributed by atoms with E-state index in [9.17, 15) is 8.42 Å². The van der Waals surface area contributed by atoms with Crippen molar-refractivity contribution in [3.8, 4) is 0 Å². The Hall–Kier alpha value is -0.810. The third-order valence-electron chi connectivity index (χ3n) is 2.97. The molecule has 0 aliphatic carbocycles. The molecule has 0 fully saturated rings. The SMILES string of the molecule is CCCNC(CCCS(=O)(=O)CC)c1ccoc1. The van der Waals surface area contributed by atoms with E-state index in [1.807, 2.05) is 6.07 Å². The van der Waals surface area contributed by atoms with E-state index in [2.05, 4.69) is 12.2 Å². The first-order valence-corrected chi connectivity index (χ1v) is 8.37. The first-order valence-electron chi connectivity index (χ1n) is 6.55. The van der Waals surface area contributed by atoms with Gasteiger partial charge in [0.05, 0.1) is 18.3 Å². The number of rotatable bonds is 9. The Morgan fingerprint density at radius 1 is 1.39 bits per heavy atom. The lowest BCUT2D eigenvalue weighted by molar-refractivity contribution is 0.482. The first kappa shape index (κ1) is 15.2. The lowest BCUT2D eigenvalue weighted by Crippen LogP contribution is -2.22. The van der Waals surface area contributed by atoms with Crippen LogP contribution in [-0.4, -0.2) is 26.5 Å². The van der Waals surface area contributed by atoms with Gasteiger partial charge in [0.15, 0.2) is 0 Å². The first-order chi connectivity index (χ1) is 8.59. The average Bonchev–Trinajstić information content (AvgIpc) is 2.87. The van der Waals surface area contributed by atoms with Gasteiger partial charge in [0.25, 0.3) is 0 Å². The zero-order valence-corrected chi connectivity index (χ0v) is 12.0. The minimum atomic E-state index is -2.86. The highest BCUT2D eigenvalue weighted by Crippen LogP contribution is 2.19. The molecule has 5 heteroatoms. The summed E-state index contributed by atoms with van der Waals surface area (Å²) < 4.78 is 28.0. The summed E-state index contributed by atoms with van der Waals surface area (Å²) in [5.41, 5.74) is 1.09. The molecule has 1 aromatic rings. The molecular weight excluding hydrogens is 250 g/mol. The quantitative estimate of drug-likeness (QED) is 0.751. The molecule has 0 aliphatic heterocycles. The van der Waals surface area contributed by atoms with Crippen LogP contribution in [0.1, 0.15) is 44.7 Å². The lowest BCUT2D eigenvalue weighted by atomic mass is 10.1. The molecular formula is C13H23NO3S. The van der Waals surface area contributed by atoms with Crippen LogP contribution in [-0.2, 0) is 9.84 Å². The molecule has 1 rings (SSSR count). The van der Waals surface area contributed by atoms with Gasteiger partial charge in [-0.05, 0) is 31.9 Å². The molecule has 1 N–H and O–H groups in total. The van der Waals surface area contributed by atoms with E-state index in [1.54, 1.807) is 19.5 Å². The van der Waals surface area contributed by atoms with Crippen LogP contribution < -0.4 is 5.32 Å². The van der Waals surface area contributed by atoms with Crippen molar-refractivity contribution < 1.29 is 12.8 Å². The van der Waals surface area contributed by atoms with E-state index < -0.39 is 9.84 Å². The maximum absolute atomic E-state index is 11.4. The third kappa shape index (κ3) is 5.23. The highest BCUT2D eigenvalue weighted by Gasteiger charge is 2.14. The molecule has 1 unspecified atom stereocenters. The molecule has 0 saturated carbocycles. The molecule has 0 spiro atoms. The average molecular weight is 273 g/mol. The predicted molar refractivity (Wildman–Crippen MR) is 73.3 cm³/mol. The van der Waals surface area contributed by atoms with Crippen LogP contribution in [0.3, 0.4) is 0 Å². The monoisotopic (exact) mass is 273 g/mol. The summed E-state index contributed by atoms with van der Waals surface area (Å²) >= 11 is 0. The fourth-order valence-corrected chi connectivity index (χ4v) is 2.73. The Bertz CT molecular complexity index is 411. The van der Waals surface area contributed by atoms with Gasteiger partial charge >= 0.3 is 0 Å². The van der Waals surface area contributed by atoms with Gasteiger partial charge in [-0.3, -0.25) is 0 Å². The van der Waals surface area contributed by atoms with Gasteiger partial charge in [-0.25, -0.2) is 8.42 Å². The smallest absolute Gasteiger partial charge is 0.150 e. The lowest BCUT2D eigenvalue weighted by Gasteiger charge is -2.16. The summed E-state index contributed by atoms with van der Waals surface area (Å²) in [6.07, 6.45) is 5.93. The molecule has 4 nitrogen and oxygen atoms in total. The minimum Gasteiger partial charge on any atom is -0.472 e. The van der Waals surface area contributed by atoms with Gasteiger partial charge in [-0.1, -0.05) is 13.8 Å². The van der Waals surface area contributed by atoms with Crippen LogP contribution in [0.25, 0.3) is 0 Å². The van der Waals surface area contributed by atoms with E-state index in [0.29, 0.717) is 6.42 Å². The summed E-state index contributed by atoms with van der Waals surface area (Å²) in [6, 6.07) is 2.12. The van der Waals surface area contributed by atoms with Gasteiger partial charge in [0, 0.05) is 17.4 Å². The van der Waals surface area contributed by atoms with Gasteiger partial charge < -0.3 is 9.73 Å². The molecule has 0 bridgehead atoms. The second kappa shape index (κ2) is 7.59.